The van der Waals surface area contributed by atoms with E-state index in [4.69, 9.17) is 9.84 Å². The first-order valence-electron chi connectivity index (χ1n) is 9.07. The van der Waals surface area contributed by atoms with E-state index in [2.05, 4.69) is 4.98 Å². The minimum absolute atomic E-state index is 0.0438. The highest BCUT2D eigenvalue weighted by molar-refractivity contribution is 7.99. The molecule has 11 heteroatoms. The molecule has 0 fully saturated rings. The van der Waals surface area contributed by atoms with Crippen LogP contribution < -0.4 is 16.0 Å². The SMILES string of the molecule is Cc1ccc(OC[C@H](O)Cn2c(SCC(=O)O)nc3c2c(=O)n(C)c(=O)n3C)cc1. The lowest BCUT2D eigenvalue weighted by atomic mass is 10.2. The second kappa shape index (κ2) is 8.76. The minimum atomic E-state index is -1.05. The third-order valence-electron chi connectivity index (χ3n) is 4.49. The van der Waals surface area contributed by atoms with Crippen molar-refractivity contribution in [1.82, 2.24) is 18.7 Å². The van der Waals surface area contributed by atoms with Crippen LogP contribution in [0.5, 0.6) is 5.75 Å². The van der Waals surface area contributed by atoms with Crippen LogP contribution in [0, 0.1) is 6.92 Å². The van der Waals surface area contributed by atoms with Crippen LogP contribution in [-0.2, 0) is 25.4 Å². The number of aliphatic hydroxyl groups is 1. The number of carbonyl (C=O) groups is 1. The van der Waals surface area contributed by atoms with Crippen molar-refractivity contribution in [2.24, 2.45) is 14.1 Å². The molecule has 0 aliphatic heterocycles. The molecule has 30 heavy (non-hydrogen) atoms. The number of aliphatic carboxylic acids is 1. The number of carboxylic acids is 1. The highest BCUT2D eigenvalue weighted by Crippen LogP contribution is 2.22. The maximum absolute atomic E-state index is 12.7. The first-order valence-corrected chi connectivity index (χ1v) is 10.1. The summed E-state index contributed by atoms with van der Waals surface area (Å²) < 4.78 is 9.19. The maximum Gasteiger partial charge on any atom is 0.332 e. The maximum atomic E-state index is 12.7. The molecule has 3 aromatic rings. The number of ether oxygens (including phenoxy) is 1. The molecule has 1 atom stereocenters. The molecule has 0 bridgehead atoms. The number of aromatic nitrogens is 4. The lowest BCUT2D eigenvalue weighted by molar-refractivity contribution is -0.133. The summed E-state index contributed by atoms with van der Waals surface area (Å²) in [5.74, 6) is -0.745. The van der Waals surface area contributed by atoms with Gasteiger partial charge in [0.15, 0.2) is 16.3 Å². The standard InChI is InChI=1S/C19H22N4O6S/c1-11-4-6-13(7-5-11)29-9-12(24)8-23-15-16(20-18(23)30-10-14(25)26)21(2)19(28)22(3)17(15)27/h4-7,12,24H,8-10H2,1-3H3,(H,25,26)/t12-/m1/s1. The fourth-order valence-corrected chi connectivity index (χ4v) is 3.65. The zero-order valence-electron chi connectivity index (χ0n) is 16.7. The number of rotatable bonds is 8. The van der Waals surface area contributed by atoms with Gasteiger partial charge in [0.25, 0.3) is 5.56 Å². The smallest absolute Gasteiger partial charge is 0.332 e. The van der Waals surface area contributed by atoms with Crippen LogP contribution in [0.4, 0.5) is 0 Å². The minimum Gasteiger partial charge on any atom is -0.491 e. The van der Waals surface area contributed by atoms with E-state index in [1.807, 2.05) is 19.1 Å². The normalized spacial score (nSPS) is 12.3. The molecule has 0 amide bonds. The van der Waals surface area contributed by atoms with Gasteiger partial charge in [0.1, 0.15) is 18.5 Å². The average molecular weight is 434 g/mol. The number of hydrogen-bond donors (Lipinski definition) is 2. The van der Waals surface area contributed by atoms with Gasteiger partial charge in [0.2, 0.25) is 0 Å². The fraction of sp³-hybridized carbons (Fsp3) is 0.368. The van der Waals surface area contributed by atoms with Crippen LogP contribution in [-0.4, -0.2) is 53.3 Å². The van der Waals surface area contributed by atoms with Crippen LogP contribution in [0.25, 0.3) is 11.2 Å². The van der Waals surface area contributed by atoms with Crippen molar-refractivity contribution < 1.29 is 19.7 Å². The summed E-state index contributed by atoms with van der Waals surface area (Å²) >= 11 is 0.905. The van der Waals surface area contributed by atoms with Gasteiger partial charge >= 0.3 is 11.7 Å². The molecule has 0 saturated carbocycles. The van der Waals surface area contributed by atoms with Gasteiger partial charge in [0, 0.05) is 14.1 Å². The van der Waals surface area contributed by atoms with Gasteiger partial charge in [0.05, 0.1) is 12.3 Å². The largest absolute Gasteiger partial charge is 0.491 e. The number of thioether (sulfide) groups is 1. The molecule has 3 rings (SSSR count). The van der Waals surface area contributed by atoms with Crippen LogP contribution in [0.2, 0.25) is 0 Å². The van der Waals surface area contributed by atoms with Gasteiger partial charge in [-0.05, 0) is 19.1 Å². The lowest BCUT2D eigenvalue weighted by Crippen LogP contribution is -2.38. The number of hydrogen-bond acceptors (Lipinski definition) is 7. The second-order valence-electron chi connectivity index (χ2n) is 6.84. The molecule has 0 saturated heterocycles. The molecule has 0 aliphatic carbocycles. The number of fused-ring (bicyclic) bond motifs is 1. The van der Waals surface area contributed by atoms with E-state index in [-0.39, 0.29) is 35.2 Å². The van der Waals surface area contributed by atoms with E-state index in [0.717, 1.165) is 21.9 Å². The number of aryl methyl sites for hydroxylation is 2. The molecular weight excluding hydrogens is 412 g/mol. The summed E-state index contributed by atoms with van der Waals surface area (Å²) in [6.45, 7) is 1.85. The lowest BCUT2D eigenvalue weighted by Gasteiger charge is -2.15. The van der Waals surface area contributed by atoms with Crippen LogP contribution in [0.1, 0.15) is 5.56 Å². The Hall–Kier alpha value is -3.05. The Labute approximate surface area is 175 Å². The van der Waals surface area contributed by atoms with E-state index in [1.165, 1.54) is 23.2 Å². The van der Waals surface area contributed by atoms with Crippen molar-refractivity contribution in [3.8, 4) is 5.75 Å². The molecule has 2 N–H and O–H groups in total. The third kappa shape index (κ3) is 4.41. The van der Waals surface area contributed by atoms with Crippen molar-refractivity contribution in [2.75, 3.05) is 12.4 Å². The van der Waals surface area contributed by atoms with Gasteiger partial charge in [-0.25, -0.2) is 9.78 Å². The first-order chi connectivity index (χ1) is 14.2. The molecule has 0 unspecified atom stereocenters. The van der Waals surface area contributed by atoms with Gasteiger partial charge in [-0.3, -0.25) is 18.7 Å². The first kappa shape index (κ1) is 21.7. The van der Waals surface area contributed by atoms with Gasteiger partial charge in [-0.15, -0.1) is 0 Å². The molecule has 2 heterocycles. The Kier molecular flexibility index (Phi) is 6.32. The number of imidazole rings is 1. The predicted octanol–water partition coefficient (Wildman–Crippen LogP) is 0.359. The highest BCUT2D eigenvalue weighted by Gasteiger charge is 2.22. The second-order valence-corrected chi connectivity index (χ2v) is 7.79. The summed E-state index contributed by atoms with van der Waals surface area (Å²) in [7, 11) is 2.83. The summed E-state index contributed by atoms with van der Waals surface area (Å²) in [6.07, 6.45) is -1.00. The molecule has 160 valence electrons. The molecule has 0 aliphatic rings. The van der Waals surface area contributed by atoms with Crippen LogP contribution >= 0.6 is 11.8 Å². The molecule has 0 radical (unpaired) electrons. The number of carboxylic acid groups (broad SMARTS) is 1. The number of aliphatic hydroxyl groups excluding tert-OH is 1. The quantitative estimate of drug-likeness (QED) is 0.486. The average Bonchev–Trinajstić information content (AvgIpc) is 3.07. The van der Waals surface area contributed by atoms with Crippen molar-refractivity contribution in [3.05, 3.63) is 50.7 Å². The van der Waals surface area contributed by atoms with E-state index in [9.17, 15) is 19.5 Å². The monoisotopic (exact) mass is 434 g/mol. The van der Waals surface area contributed by atoms with E-state index in [0.29, 0.717) is 5.75 Å². The Morgan fingerprint density at radius 1 is 1.20 bits per heavy atom. The van der Waals surface area contributed by atoms with Crippen molar-refractivity contribution in [3.63, 3.8) is 0 Å². The molecule has 0 spiro atoms. The Morgan fingerprint density at radius 2 is 1.87 bits per heavy atom. The third-order valence-corrected chi connectivity index (χ3v) is 5.46. The Morgan fingerprint density at radius 3 is 2.50 bits per heavy atom. The molecule has 2 aromatic heterocycles. The highest BCUT2D eigenvalue weighted by atomic mass is 32.2. The Bertz CT molecular complexity index is 1190. The molecule has 10 nitrogen and oxygen atoms in total. The van der Waals surface area contributed by atoms with E-state index >= 15 is 0 Å². The van der Waals surface area contributed by atoms with E-state index in [1.54, 1.807) is 12.1 Å². The van der Waals surface area contributed by atoms with Gasteiger partial charge in [-0.2, -0.15) is 0 Å². The van der Waals surface area contributed by atoms with Crippen molar-refractivity contribution in [1.29, 1.82) is 0 Å². The van der Waals surface area contributed by atoms with Gasteiger partial charge in [-0.1, -0.05) is 29.5 Å². The zero-order chi connectivity index (χ0) is 22.0. The van der Waals surface area contributed by atoms with Crippen molar-refractivity contribution >= 4 is 28.9 Å². The summed E-state index contributed by atoms with van der Waals surface area (Å²) in [5.41, 5.74) is 0.198. The number of nitrogens with zero attached hydrogens (tertiary/aromatic N) is 4. The van der Waals surface area contributed by atoms with Crippen LogP contribution in [0.3, 0.4) is 0 Å². The predicted molar refractivity (Wildman–Crippen MR) is 111 cm³/mol. The zero-order valence-corrected chi connectivity index (χ0v) is 17.5. The molecule has 1 aromatic carbocycles. The summed E-state index contributed by atoms with van der Waals surface area (Å²) in [6, 6.07) is 7.34. The van der Waals surface area contributed by atoms with Crippen LogP contribution in [0.15, 0.2) is 39.0 Å². The summed E-state index contributed by atoms with van der Waals surface area (Å²) in [4.78, 5) is 40.2. The number of benzene rings is 1. The summed E-state index contributed by atoms with van der Waals surface area (Å²) in [5, 5.41) is 19.7. The van der Waals surface area contributed by atoms with Gasteiger partial charge < -0.3 is 19.5 Å². The molecular formula is C19H22N4O6S. The Balaban J connectivity index is 1.94. The topological polar surface area (TPSA) is 129 Å². The van der Waals surface area contributed by atoms with Crippen molar-refractivity contribution in [2.45, 2.75) is 24.7 Å². The fourth-order valence-electron chi connectivity index (χ4n) is 2.92. The van der Waals surface area contributed by atoms with E-state index < -0.39 is 23.3 Å².